The molecular weight excluding hydrogens is 356 g/mol. The summed E-state index contributed by atoms with van der Waals surface area (Å²) in [4.78, 5) is 16.3. The standard InChI is InChI=1S/C16H11ClN8O/c17-14-11(4-3-7-19-14)16(26)21-13-6-2-1-5-12(13)20-9-10(8-18)15-22-24-25-23-15/h1-7,9,20H,(H,21,26)(H,22,23,24,25). The van der Waals surface area contributed by atoms with Crippen LogP contribution in [0.3, 0.4) is 0 Å². The predicted octanol–water partition coefficient (Wildman–Crippen LogP) is 2.48. The molecule has 0 aliphatic heterocycles. The Bertz CT molecular complexity index is 993. The third-order valence-electron chi connectivity index (χ3n) is 3.26. The Labute approximate surface area is 152 Å². The number of nitriles is 1. The topological polar surface area (TPSA) is 132 Å². The molecule has 0 aliphatic carbocycles. The molecule has 0 aliphatic rings. The molecule has 26 heavy (non-hydrogen) atoms. The Morgan fingerprint density at radius 3 is 2.73 bits per heavy atom. The molecular formula is C16H11ClN8O. The van der Waals surface area contributed by atoms with E-state index in [2.05, 4.69) is 36.2 Å². The molecule has 0 saturated heterocycles. The van der Waals surface area contributed by atoms with Crippen molar-refractivity contribution in [2.45, 2.75) is 0 Å². The number of H-pyrrole nitrogens is 1. The number of carbonyl (C=O) groups excluding carboxylic acids is 1. The second-order valence-electron chi connectivity index (χ2n) is 4.89. The van der Waals surface area contributed by atoms with Gasteiger partial charge in [0.05, 0.1) is 16.9 Å². The molecule has 2 heterocycles. The highest BCUT2D eigenvalue weighted by Crippen LogP contribution is 2.23. The molecule has 1 amide bonds. The van der Waals surface area contributed by atoms with Crippen LogP contribution in [0, 0.1) is 11.3 Å². The van der Waals surface area contributed by atoms with Gasteiger partial charge in [-0.1, -0.05) is 23.7 Å². The number of amides is 1. The third-order valence-corrected chi connectivity index (χ3v) is 3.56. The van der Waals surface area contributed by atoms with Crippen LogP contribution in [0.1, 0.15) is 16.2 Å². The number of allylic oxidation sites excluding steroid dienone is 1. The van der Waals surface area contributed by atoms with E-state index in [-0.39, 0.29) is 22.1 Å². The minimum absolute atomic E-state index is 0.110. The van der Waals surface area contributed by atoms with Crippen molar-refractivity contribution < 1.29 is 4.79 Å². The van der Waals surface area contributed by atoms with Crippen LogP contribution in [0.2, 0.25) is 5.15 Å². The van der Waals surface area contributed by atoms with Crippen LogP contribution in [0.25, 0.3) is 5.57 Å². The maximum atomic E-state index is 12.4. The number of benzene rings is 1. The summed E-state index contributed by atoms with van der Waals surface area (Å²) in [6.07, 6.45) is 2.92. The number of aromatic amines is 1. The molecule has 0 spiro atoms. The van der Waals surface area contributed by atoms with E-state index >= 15 is 0 Å². The van der Waals surface area contributed by atoms with Crippen LogP contribution in [0.5, 0.6) is 0 Å². The van der Waals surface area contributed by atoms with Gasteiger partial charge in [-0.05, 0) is 29.5 Å². The Morgan fingerprint density at radius 2 is 2.04 bits per heavy atom. The van der Waals surface area contributed by atoms with E-state index in [0.717, 1.165) is 0 Å². The van der Waals surface area contributed by atoms with E-state index in [1.807, 2.05) is 6.07 Å². The van der Waals surface area contributed by atoms with Crippen molar-refractivity contribution >= 4 is 34.5 Å². The predicted molar refractivity (Wildman–Crippen MR) is 95.0 cm³/mol. The quantitative estimate of drug-likeness (QED) is 0.466. The fourth-order valence-electron chi connectivity index (χ4n) is 2.04. The molecule has 0 radical (unpaired) electrons. The van der Waals surface area contributed by atoms with Crippen LogP contribution in [-0.2, 0) is 0 Å². The van der Waals surface area contributed by atoms with Gasteiger partial charge >= 0.3 is 0 Å². The number of aromatic nitrogens is 5. The summed E-state index contributed by atoms with van der Waals surface area (Å²) in [6, 6.07) is 12.2. The molecule has 0 atom stereocenters. The van der Waals surface area contributed by atoms with E-state index in [4.69, 9.17) is 11.6 Å². The molecule has 0 saturated carbocycles. The number of carbonyl (C=O) groups is 1. The molecule has 3 aromatic rings. The summed E-state index contributed by atoms with van der Waals surface area (Å²) in [5, 5.41) is 28.2. The molecule has 2 aromatic heterocycles. The summed E-state index contributed by atoms with van der Waals surface area (Å²) < 4.78 is 0. The van der Waals surface area contributed by atoms with E-state index in [1.54, 1.807) is 36.4 Å². The number of para-hydroxylation sites is 2. The van der Waals surface area contributed by atoms with Gasteiger partial charge in [-0.2, -0.15) is 10.5 Å². The van der Waals surface area contributed by atoms with Crippen LogP contribution in [0.15, 0.2) is 48.8 Å². The van der Waals surface area contributed by atoms with Crippen LogP contribution >= 0.6 is 11.6 Å². The van der Waals surface area contributed by atoms with E-state index in [9.17, 15) is 10.1 Å². The number of anilines is 2. The molecule has 10 heteroatoms. The van der Waals surface area contributed by atoms with Crippen molar-refractivity contribution in [2.75, 3.05) is 10.6 Å². The van der Waals surface area contributed by atoms with Gasteiger partial charge in [0.15, 0.2) is 0 Å². The van der Waals surface area contributed by atoms with Crippen molar-refractivity contribution in [2.24, 2.45) is 0 Å². The first kappa shape index (κ1) is 17.1. The largest absolute Gasteiger partial charge is 0.359 e. The lowest BCUT2D eigenvalue weighted by Gasteiger charge is -2.11. The number of tetrazole rings is 1. The molecule has 0 bridgehead atoms. The lowest BCUT2D eigenvalue weighted by Crippen LogP contribution is -2.14. The zero-order chi connectivity index (χ0) is 18.4. The van der Waals surface area contributed by atoms with E-state index in [0.29, 0.717) is 11.4 Å². The molecule has 0 unspecified atom stereocenters. The van der Waals surface area contributed by atoms with Crippen molar-refractivity contribution in [3.8, 4) is 6.07 Å². The normalized spacial score (nSPS) is 10.8. The van der Waals surface area contributed by atoms with Gasteiger partial charge in [0, 0.05) is 12.4 Å². The number of pyridine rings is 1. The summed E-state index contributed by atoms with van der Waals surface area (Å²) >= 11 is 5.95. The van der Waals surface area contributed by atoms with Gasteiger partial charge in [0.2, 0.25) is 5.82 Å². The first-order chi connectivity index (χ1) is 12.7. The second kappa shape index (κ2) is 7.87. The van der Waals surface area contributed by atoms with Crippen molar-refractivity contribution in [1.82, 2.24) is 25.6 Å². The third kappa shape index (κ3) is 3.82. The van der Waals surface area contributed by atoms with Gasteiger partial charge in [0.1, 0.15) is 16.8 Å². The lowest BCUT2D eigenvalue weighted by atomic mass is 10.2. The molecule has 1 aromatic carbocycles. The number of nitrogens with zero attached hydrogens (tertiary/aromatic N) is 5. The maximum Gasteiger partial charge on any atom is 0.258 e. The molecule has 0 fully saturated rings. The Kier molecular flexibility index (Phi) is 5.16. The highest BCUT2D eigenvalue weighted by Gasteiger charge is 2.13. The molecule has 128 valence electrons. The van der Waals surface area contributed by atoms with Gasteiger partial charge in [-0.15, -0.1) is 10.2 Å². The number of nitrogens with one attached hydrogen (secondary N) is 3. The Morgan fingerprint density at radius 1 is 1.23 bits per heavy atom. The first-order valence-electron chi connectivity index (χ1n) is 7.30. The molecule has 3 N–H and O–H groups in total. The average molecular weight is 367 g/mol. The number of rotatable bonds is 5. The average Bonchev–Trinajstić information content (AvgIpc) is 3.18. The lowest BCUT2D eigenvalue weighted by molar-refractivity contribution is 0.102. The number of hydrogen-bond donors (Lipinski definition) is 3. The van der Waals surface area contributed by atoms with Crippen LogP contribution in [0.4, 0.5) is 11.4 Å². The van der Waals surface area contributed by atoms with Crippen LogP contribution in [-0.4, -0.2) is 31.5 Å². The first-order valence-corrected chi connectivity index (χ1v) is 7.68. The maximum absolute atomic E-state index is 12.4. The van der Waals surface area contributed by atoms with Crippen molar-refractivity contribution in [3.63, 3.8) is 0 Å². The minimum Gasteiger partial charge on any atom is -0.359 e. The fourth-order valence-corrected chi connectivity index (χ4v) is 2.24. The molecule has 9 nitrogen and oxygen atoms in total. The monoisotopic (exact) mass is 366 g/mol. The fraction of sp³-hybridized carbons (Fsp3) is 0. The van der Waals surface area contributed by atoms with E-state index in [1.165, 1.54) is 12.4 Å². The summed E-state index contributed by atoms with van der Waals surface area (Å²) in [5.41, 5.74) is 1.50. The Hall–Kier alpha value is -3.77. The minimum atomic E-state index is -0.403. The Balaban J connectivity index is 1.82. The number of halogens is 1. The smallest absolute Gasteiger partial charge is 0.258 e. The van der Waals surface area contributed by atoms with Crippen LogP contribution < -0.4 is 10.6 Å². The zero-order valence-corrected chi connectivity index (χ0v) is 13.9. The summed E-state index contributed by atoms with van der Waals surface area (Å²) in [5.74, 6) is -0.247. The highest BCUT2D eigenvalue weighted by atomic mass is 35.5. The van der Waals surface area contributed by atoms with Gasteiger partial charge in [-0.25, -0.2) is 4.98 Å². The number of hydrogen-bond acceptors (Lipinski definition) is 7. The van der Waals surface area contributed by atoms with Crippen molar-refractivity contribution in [3.05, 3.63) is 65.3 Å². The van der Waals surface area contributed by atoms with E-state index < -0.39 is 5.91 Å². The summed E-state index contributed by atoms with van der Waals surface area (Å²) in [7, 11) is 0. The van der Waals surface area contributed by atoms with Gasteiger partial charge < -0.3 is 10.6 Å². The highest BCUT2D eigenvalue weighted by molar-refractivity contribution is 6.33. The van der Waals surface area contributed by atoms with Crippen molar-refractivity contribution in [1.29, 1.82) is 5.26 Å². The molecule has 3 rings (SSSR count). The zero-order valence-electron chi connectivity index (χ0n) is 13.1. The van der Waals surface area contributed by atoms with Gasteiger partial charge in [0.25, 0.3) is 5.91 Å². The second-order valence-corrected chi connectivity index (χ2v) is 5.25. The SMILES string of the molecule is N#CC(=CNc1ccccc1NC(=O)c1cccnc1Cl)c1nn[nH]n1. The summed E-state index contributed by atoms with van der Waals surface area (Å²) in [6.45, 7) is 0. The van der Waals surface area contributed by atoms with Gasteiger partial charge in [-0.3, -0.25) is 4.79 Å².